The number of anilines is 1. The molecule has 158 valence electrons. The van der Waals surface area contributed by atoms with Crippen molar-refractivity contribution in [3.63, 3.8) is 0 Å². The molecule has 3 N–H and O–H groups in total. The van der Waals surface area contributed by atoms with Crippen LogP contribution in [0.15, 0.2) is 47.5 Å². The summed E-state index contributed by atoms with van der Waals surface area (Å²) in [6.45, 7) is 2.30. The van der Waals surface area contributed by atoms with Crippen molar-refractivity contribution in [3.8, 4) is 11.5 Å². The van der Waals surface area contributed by atoms with Crippen LogP contribution in [0, 0.1) is 0 Å². The summed E-state index contributed by atoms with van der Waals surface area (Å²) in [4.78, 5) is 6.63. The third kappa shape index (κ3) is 6.30. The Morgan fingerprint density at radius 3 is 2.83 bits per heavy atom. The Hall–Kier alpha value is -1.87. The van der Waals surface area contributed by atoms with Crippen molar-refractivity contribution >= 4 is 47.2 Å². The molecule has 0 bridgehead atoms. The van der Waals surface area contributed by atoms with Crippen LogP contribution in [-0.4, -0.2) is 44.4 Å². The quantitative estimate of drug-likeness (QED) is 0.310. The maximum atomic E-state index is 10.0. The Labute approximate surface area is 194 Å². The maximum Gasteiger partial charge on any atom is 0.191 e. The third-order valence-corrected chi connectivity index (χ3v) is 5.23. The van der Waals surface area contributed by atoms with Crippen LogP contribution in [0.25, 0.3) is 0 Å². The molecule has 1 heterocycles. The zero-order valence-corrected chi connectivity index (χ0v) is 19.8. The van der Waals surface area contributed by atoms with Crippen molar-refractivity contribution in [2.24, 2.45) is 4.99 Å². The summed E-state index contributed by atoms with van der Waals surface area (Å²) in [6, 6.07) is 13.4. The van der Waals surface area contributed by atoms with Crippen LogP contribution < -0.4 is 20.3 Å². The first-order valence-electron chi connectivity index (χ1n) is 9.43. The van der Waals surface area contributed by atoms with Gasteiger partial charge in [-0.2, -0.15) is 0 Å². The maximum absolute atomic E-state index is 10.0. The molecule has 0 radical (unpaired) electrons. The molecule has 1 fully saturated rings. The molecule has 2 aromatic carbocycles. The number of aromatic hydroxyl groups is 1. The van der Waals surface area contributed by atoms with Crippen molar-refractivity contribution < 1.29 is 9.84 Å². The number of guanidine groups is 1. The van der Waals surface area contributed by atoms with Crippen LogP contribution in [0.3, 0.4) is 0 Å². The molecule has 0 aromatic heterocycles. The average molecular weight is 531 g/mol. The first-order chi connectivity index (χ1) is 13.6. The fraction of sp³-hybridized carbons (Fsp3) is 0.381. The summed E-state index contributed by atoms with van der Waals surface area (Å²) < 4.78 is 5.23. The number of phenols is 1. The van der Waals surface area contributed by atoms with E-state index in [9.17, 15) is 5.11 Å². The van der Waals surface area contributed by atoms with E-state index in [-0.39, 0.29) is 35.8 Å². The van der Waals surface area contributed by atoms with Gasteiger partial charge < -0.3 is 25.4 Å². The zero-order valence-electron chi connectivity index (χ0n) is 16.7. The molecule has 0 spiro atoms. The number of phenolic OH excluding ortho intramolecular Hbond substituents is 1. The molecular weight excluding hydrogens is 503 g/mol. The topological polar surface area (TPSA) is 69.1 Å². The van der Waals surface area contributed by atoms with Gasteiger partial charge >= 0.3 is 0 Å². The normalized spacial score (nSPS) is 16.7. The van der Waals surface area contributed by atoms with Gasteiger partial charge in [0.15, 0.2) is 5.96 Å². The minimum Gasteiger partial charge on any atom is -0.508 e. The second-order valence-corrected chi connectivity index (χ2v) is 7.21. The molecule has 0 amide bonds. The smallest absolute Gasteiger partial charge is 0.191 e. The molecule has 2 aromatic rings. The number of aliphatic imine (C=N–C) groups is 1. The van der Waals surface area contributed by atoms with E-state index in [2.05, 4.69) is 26.6 Å². The number of piperidine rings is 1. The highest BCUT2D eigenvalue weighted by molar-refractivity contribution is 14.0. The summed E-state index contributed by atoms with van der Waals surface area (Å²) in [5.41, 5.74) is 1.82. The van der Waals surface area contributed by atoms with Crippen molar-refractivity contribution in [3.05, 3.63) is 53.1 Å². The summed E-state index contributed by atoms with van der Waals surface area (Å²) in [7, 11) is 3.35. The highest BCUT2D eigenvalue weighted by atomic mass is 127. The molecule has 8 heteroatoms. The fourth-order valence-electron chi connectivity index (χ4n) is 3.42. The lowest BCUT2D eigenvalue weighted by Gasteiger charge is -2.35. The Bertz CT molecular complexity index is 834. The monoisotopic (exact) mass is 530 g/mol. The number of benzene rings is 2. The van der Waals surface area contributed by atoms with Gasteiger partial charge in [-0.25, -0.2) is 0 Å². The van der Waals surface area contributed by atoms with Crippen molar-refractivity contribution in [1.82, 2.24) is 10.6 Å². The van der Waals surface area contributed by atoms with Gasteiger partial charge in [0.2, 0.25) is 0 Å². The minimum absolute atomic E-state index is 0. The standard InChI is InChI=1S/C21H27ClN4O2.HI/c1-23-21(24-13-15-12-17(28-2)9-10-20(15)27)25-16-6-5-11-26(14-16)19-8-4-3-7-18(19)22;/h3-4,7-10,12,16,27H,5-6,11,13-14H2,1-2H3,(H2,23,24,25);1H. The van der Waals surface area contributed by atoms with E-state index in [1.165, 1.54) is 0 Å². The van der Waals surface area contributed by atoms with Gasteiger partial charge in [-0.15, -0.1) is 24.0 Å². The Morgan fingerprint density at radius 2 is 2.10 bits per heavy atom. The predicted molar refractivity (Wildman–Crippen MR) is 130 cm³/mol. The molecule has 6 nitrogen and oxygen atoms in total. The number of nitrogens with one attached hydrogen (secondary N) is 2. The Morgan fingerprint density at radius 1 is 1.31 bits per heavy atom. The third-order valence-electron chi connectivity index (χ3n) is 4.91. The van der Waals surface area contributed by atoms with Crippen LogP contribution in [-0.2, 0) is 6.54 Å². The minimum atomic E-state index is 0. The lowest BCUT2D eigenvalue weighted by molar-refractivity contribution is 0.410. The highest BCUT2D eigenvalue weighted by Gasteiger charge is 2.22. The number of para-hydroxylation sites is 1. The molecular formula is C21H28ClIN4O2. The van der Waals surface area contributed by atoms with Gasteiger partial charge in [0.05, 0.1) is 17.8 Å². The van der Waals surface area contributed by atoms with E-state index in [0.29, 0.717) is 18.3 Å². The molecule has 1 unspecified atom stereocenters. The summed E-state index contributed by atoms with van der Waals surface area (Å²) in [6.07, 6.45) is 2.14. The van der Waals surface area contributed by atoms with Gasteiger partial charge in [0, 0.05) is 38.3 Å². The Balaban J connectivity index is 0.00000300. The first kappa shape index (κ1) is 23.4. The second-order valence-electron chi connectivity index (χ2n) is 6.80. The summed E-state index contributed by atoms with van der Waals surface area (Å²) in [5.74, 6) is 1.64. The van der Waals surface area contributed by atoms with E-state index in [0.717, 1.165) is 42.2 Å². The van der Waals surface area contributed by atoms with Crippen LogP contribution in [0.1, 0.15) is 18.4 Å². The number of halogens is 2. The van der Waals surface area contributed by atoms with Crippen LogP contribution in [0.5, 0.6) is 11.5 Å². The van der Waals surface area contributed by atoms with Crippen molar-refractivity contribution in [1.29, 1.82) is 0 Å². The van der Waals surface area contributed by atoms with E-state index in [1.807, 2.05) is 24.3 Å². The highest BCUT2D eigenvalue weighted by Crippen LogP contribution is 2.28. The summed E-state index contributed by atoms with van der Waals surface area (Å²) >= 11 is 6.36. The lowest BCUT2D eigenvalue weighted by Crippen LogP contribution is -2.51. The van der Waals surface area contributed by atoms with Crippen molar-refractivity contribution in [2.45, 2.75) is 25.4 Å². The van der Waals surface area contributed by atoms with E-state index in [1.54, 1.807) is 26.3 Å². The molecule has 0 aliphatic carbocycles. The van der Waals surface area contributed by atoms with Gasteiger partial charge in [0.1, 0.15) is 11.5 Å². The van der Waals surface area contributed by atoms with Gasteiger partial charge in [-0.05, 0) is 43.2 Å². The van der Waals surface area contributed by atoms with Gasteiger partial charge in [-0.1, -0.05) is 23.7 Å². The molecule has 1 atom stereocenters. The fourth-order valence-corrected chi connectivity index (χ4v) is 3.67. The van der Waals surface area contributed by atoms with Gasteiger partial charge in [0.25, 0.3) is 0 Å². The molecule has 1 aliphatic heterocycles. The van der Waals surface area contributed by atoms with E-state index >= 15 is 0 Å². The number of rotatable bonds is 5. The molecule has 0 saturated carbocycles. The Kier molecular flexibility index (Phi) is 9.16. The van der Waals surface area contributed by atoms with Crippen LogP contribution in [0.2, 0.25) is 5.02 Å². The number of hydrogen-bond acceptors (Lipinski definition) is 4. The molecule has 3 rings (SSSR count). The number of hydrogen-bond donors (Lipinski definition) is 3. The van der Waals surface area contributed by atoms with E-state index < -0.39 is 0 Å². The lowest BCUT2D eigenvalue weighted by atomic mass is 10.0. The zero-order chi connectivity index (χ0) is 19.9. The van der Waals surface area contributed by atoms with E-state index in [4.69, 9.17) is 16.3 Å². The van der Waals surface area contributed by atoms with Crippen molar-refractivity contribution in [2.75, 3.05) is 32.1 Å². The van der Waals surface area contributed by atoms with Gasteiger partial charge in [-0.3, -0.25) is 4.99 Å². The average Bonchev–Trinajstić information content (AvgIpc) is 2.72. The van der Waals surface area contributed by atoms with Crippen LogP contribution >= 0.6 is 35.6 Å². The number of methoxy groups -OCH3 is 1. The SMILES string of the molecule is CN=C(NCc1cc(OC)ccc1O)NC1CCCN(c2ccccc2Cl)C1.I. The van der Waals surface area contributed by atoms with Crippen LogP contribution in [0.4, 0.5) is 5.69 Å². The largest absolute Gasteiger partial charge is 0.508 e. The molecule has 29 heavy (non-hydrogen) atoms. The molecule has 1 aliphatic rings. The number of nitrogens with zero attached hydrogens (tertiary/aromatic N) is 2. The predicted octanol–water partition coefficient (Wildman–Crippen LogP) is 4.01. The first-order valence-corrected chi connectivity index (χ1v) is 9.81. The molecule has 1 saturated heterocycles. The number of ether oxygens (including phenoxy) is 1. The second kappa shape index (κ2) is 11.3. The summed E-state index contributed by atoms with van der Waals surface area (Å²) in [5, 5.41) is 17.6.